The van der Waals surface area contributed by atoms with Crippen molar-refractivity contribution < 1.29 is 22.7 Å². The lowest BCUT2D eigenvalue weighted by Gasteiger charge is -2.14. The molecule has 0 unspecified atom stereocenters. The smallest absolute Gasteiger partial charge is 0.431 e. The van der Waals surface area contributed by atoms with Gasteiger partial charge in [-0.2, -0.15) is 13.2 Å². The zero-order valence-electron chi connectivity index (χ0n) is 13.5. The van der Waals surface area contributed by atoms with E-state index in [1.165, 1.54) is 35.6 Å². The van der Waals surface area contributed by atoms with Crippen LogP contribution in [-0.2, 0) is 12.8 Å². The number of carbonyl (C=O) groups excluding carboxylic acids is 1. The molecule has 0 aliphatic heterocycles. The van der Waals surface area contributed by atoms with Crippen LogP contribution in [0, 0.1) is 0 Å². The molecule has 0 atom stereocenters. The first-order chi connectivity index (χ1) is 12.8. The number of alkyl halides is 3. The Morgan fingerprint density at radius 2 is 1.96 bits per heavy atom. The number of rotatable bonds is 5. The number of pyridine rings is 1. The topological polar surface area (TPSA) is 98.1 Å². The van der Waals surface area contributed by atoms with E-state index in [0.717, 1.165) is 11.1 Å². The molecule has 1 amide bonds. The Bertz CT molecular complexity index is 1010. The minimum absolute atomic E-state index is 0.141. The van der Waals surface area contributed by atoms with Gasteiger partial charge in [0.2, 0.25) is 0 Å². The average molecular weight is 395 g/mol. The van der Waals surface area contributed by atoms with Gasteiger partial charge in [-0.05, 0) is 23.8 Å². The third-order valence-corrected chi connectivity index (χ3v) is 4.35. The van der Waals surface area contributed by atoms with Crippen LogP contribution in [0.25, 0.3) is 11.1 Å². The lowest BCUT2D eigenvalue weighted by atomic mass is 10.0. The quantitative estimate of drug-likeness (QED) is 0.693. The molecule has 27 heavy (non-hydrogen) atoms. The fourth-order valence-electron chi connectivity index (χ4n) is 2.36. The van der Waals surface area contributed by atoms with Crippen molar-refractivity contribution in [1.29, 1.82) is 0 Å². The molecular weight excluding hydrogens is 383 g/mol. The van der Waals surface area contributed by atoms with Crippen molar-refractivity contribution in [1.82, 2.24) is 9.97 Å². The van der Waals surface area contributed by atoms with E-state index < -0.39 is 28.9 Å². The number of carbonyl (C=O) groups is 1. The first kappa shape index (κ1) is 18.6. The van der Waals surface area contributed by atoms with Crippen LogP contribution in [0.2, 0.25) is 0 Å². The Labute approximate surface area is 154 Å². The number of ether oxygens (including phenoxy) is 1. The van der Waals surface area contributed by atoms with E-state index in [-0.39, 0.29) is 17.7 Å². The summed E-state index contributed by atoms with van der Waals surface area (Å²) in [7, 11) is 0. The van der Waals surface area contributed by atoms with Crippen LogP contribution in [-0.4, -0.2) is 15.9 Å². The number of halogens is 3. The van der Waals surface area contributed by atoms with Crippen LogP contribution < -0.4 is 16.0 Å². The number of primary amides is 1. The van der Waals surface area contributed by atoms with Gasteiger partial charge >= 0.3 is 6.18 Å². The molecule has 2 aromatic heterocycles. The van der Waals surface area contributed by atoms with E-state index in [1.807, 2.05) is 0 Å². The van der Waals surface area contributed by atoms with Gasteiger partial charge < -0.3 is 15.5 Å². The molecule has 0 saturated carbocycles. The Balaban J connectivity index is 1.95. The maximum Gasteiger partial charge on any atom is 0.431 e. The van der Waals surface area contributed by atoms with Gasteiger partial charge in [-0.3, -0.25) is 9.59 Å². The van der Waals surface area contributed by atoms with Crippen molar-refractivity contribution in [3.63, 3.8) is 0 Å². The van der Waals surface area contributed by atoms with Crippen molar-refractivity contribution in [2.45, 2.75) is 12.8 Å². The van der Waals surface area contributed by atoms with Crippen molar-refractivity contribution >= 4 is 17.2 Å². The molecule has 0 spiro atoms. The third-order valence-electron chi connectivity index (χ3n) is 3.60. The Morgan fingerprint density at radius 3 is 2.52 bits per heavy atom. The summed E-state index contributed by atoms with van der Waals surface area (Å²) in [5.41, 5.74) is 1.85. The summed E-state index contributed by atoms with van der Waals surface area (Å²) in [5.74, 6) is -0.684. The van der Waals surface area contributed by atoms with Gasteiger partial charge in [-0.1, -0.05) is 12.1 Å². The summed E-state index contributed by atoms with van der Waals surface area (Å²) in [6.45, 7) is 0.231. The monoisotopic (exact) mass is 395 g/mol. The summed E-state index contributed by atoms with van der Waals surface area (Å²) >= 11 is 1.41. The Hall–Kier alpha value is -3.14. The zero-order valence-corrected chi connectivity index (χ0v) is 14.4. The van der Waals surface area contributed by atoms with Gasteiger partial charge in [0.05, 0.1) is 0 Å². The van der Waals surface area contributed by atoms with Gasteiger partial charge in [-0.25, -0.2) is 4.98 Å². The molecule has 3 aromatic rings. The SMILES string of the molecule is NC(=O)c1cc(-c2ccc(OCc3nccs3)cc2)c(C(F)(F)F)[nH]c1=O. The number of aromatic nitrogens is 2. The van der Waals surface area contributed by atoms with Crippen LogP contribution >= 0.6 is 11.3 Å². The fraction of sp³-hybridized carbons (Fsp3) is 0.118. The third kappa shape index (κ3) is 4.17. The van der Waals surface area contributed by atoms with Crippen LogP contribution in [0.4, 0.5) is 13.2 Å². The van der Waals surface area contributed by atoms with Crippen LogP contribution in [0.5, 0.6) is 5.75 Å². The zero-order chi connectivity index (χ0) is 19.6. The number of benzene rings is 1. The Kier molecular flexibility index (Phi) is 5.00. The summed E-state index contributed by atoms with van der Waals surface area (Å²) < 4.78 is 45.4. The molecular formula is C17H12F3N3O3S. The molecule has 6 nitrogen and oxygen atoms in total. The number of amides is 1. The predicted octanol–water partition coefficient (Wildman–Crippen LogP) is 3.20. The van der Waals surface area contributed by atoms with Crippen molar-refractivity contribution in [3.05, 3.63) is 68.5 Å². The van der Waals surface area contributed by atoms with Crippen molar-refractivity contribution in [3.8, 4) is 16.9 Å². The lowest BCUT2D eigenvalue weighted by molar-refractivity contribution is -0.140. The van der Waals surface area contributed by atoms with E-state index in [0.29, 0.717) is 5.75 Å². The van der Waals surface area contributed by atoms with Gasteiger partial charge in [0.1, 0.15) is 28.6 Å². The van der Waals surface area contributed by atoms with Crippen LogP contribution in [0.15, 0.2) is 46.7 Å². The first-order valence-corrected chi connectivity index (χ1v) is 8.39. The maximum atomic E-state index is 13.3. The molecule has 0 aliphatic rings. The van der Waals surface area contributed by atoms with Crippen molar-refractivity contribution in [2.75, 3.05) is 0 Å². The van der Waals surface area contributed by atoms with E-state index in [1.54, 1.807) is 16.6 Å². The highest BCUT2D eigenvalue weighted by Crippen LogP contribution is 2.35. The van der Waals surface area contributed by atoms with Gasteiger partial charge in [-0.15, -0.1) is 11.3 Å². The highest BCUT2D eigenvalue weighted by molar-refractivity contribution is 7.09. The summed E-state index contributed by atoms with van der Waals surface area (Å²) in [6.07, 6.45) is -3.18. The molecule has 0 aliphatic carbocycles. The molecule has 0 fully saturated rings. The number of aromatic amines is 1. The summed E-state index contributed by atoms with van der Waals surface area (Å²) in [5, 5.41) is 2.55. The average Bonchev–Trinajstić information content (AvgIpc) is 3.13. The molecule has 10 heteroatoms. The van der Waals surface area contributed by atoms with Gasteiger partial charge in [0, 0.05) is 17.1 Å². The minimum Gasteiger partial charge on any atom is -0.486 e. The predicted molar refractivity (Wildman–Crippen MR) is 92.5 cm³/mol. The highest BCUT2D eigenvalue weighted by Gasteiger charge is 2.36. The second kappa shape index (κ2) is 7.23. The standard InChI is InChI=1S/C17H12F3N3O3S/c18-17(19,20)14-11(7-12(15(21)24)16(25)23-14)9-1-3-10(4-2-9)26-8-13-22-5-6-27-13/h1-7H,8H2,(H2,21,24)(H,23,25). The van der Waals surface area contributed by atoms with E-state index in [4.69, 9.17) is 10.5 Å². The molecule has 1 aromatic carbocycles. The highest BCUT2D eigenvalue weighted by atomic mass is 32.1. The first-order valence-electron chi connectivity index (χ1n) is 7.51. The maximum absolute atomic E-state index is 13.3. The molecule has 2 heterocycles. The fourth-order valence-corrected chi connectivity index (χ4v) is 2.89. The number of H-pyrrole nitrogens is 1. The van der Waals surface area contributed by atoms with E-state index in [2.05, 4.69) is 4.98 Å². The van der Waals surface area contributed by atoms with Crippen LogP contribution in [0.3, 0.4) is 0 Å². The summed E-state index contributed by atoms with van der Waals surface area (Å²) in [4.78, 5) is 28.8. The lowest BCUT2D eigenvalue weighted by Crippen LogP contribution is -2.27. The number of thiazole rings is 1. The molecule has 0 radical (unpaired) electrons. The van der Waals surface area contributed by atoms with E-state index >= 15 is 0 Å². The van der Waals surface area contributed by atoms with Gasteiger partial charge in [0.25, 0.3) is 11.5 Å². The minimum atomic E-state index is -4.81. The number of hydrogen-bond donors (Lipinski definition) is 2. The number of nitrogens with one attached hydrogen (secondary N) is 1. The molecule has 0 saturated heterocycles. The Morgan fingerprint density at radius 1 is 1.26 bits per heavy atom. The number of nitrogens with two attached hydrogens (primary N) is 1. The molecule has 3 rings (SSSR count). The van der Waals surface area contributed by atoms with E-state index in [9.17, 15) is 22.8 Å². The normalized spacial score (nSPS) is 11.4. The summed E-state index contributed by atoms with van der Waals surface area (Å²) in [6, 6.07) is 6.60. The second-order valence-electron chi connectivity index (χ2n) is 5.40. The molecule has 0 bridgehead atoms. The van der Waals surface area contributed by atoms with Gasteiger partial charge in [0.15, 0.2) is 0 Å². The molecule has 3 N–H and O–H groups in total. The second-order valence-corrected chi connectivity index (χ2v) is 6.38. The molecule has 140 valence electrons. The van der Waals surface area contributed by atoms with Crippen molar-refractivity contribution in [2.24, 2.45) is 5.73 Å². The number of nitrogens with zero attached hydrogens (tertiary/aromatic N) is 1. The largest absolute Gasteiger partial charge is 0.486 e. The number of hydrogen-bond acceptors (Lipinski definition) is 5. The van der Waals surface area contributed by atoms with Crippen LogP contribution in [0.1, 0.15) is 21.1 Å².